The van der Waals surface area contributed by atoms with Crippen LogP contribution in [0.2, 0.25) is 0 Å². The second-order valence-corrected chi connectivity index (χ2v) is 25.4. The van der Waals surface area contributed by atoms with Gasteiger partial charge in [-0.2, -0.15) is 0 Å². The van der Waals surface area contributed by atoms with Crippen LogP contribution in [0.3, 0.4) is 0 Å². The Balaban J connectivity index is 1.66. The molecule has 1 amide bonds. The van der Waals surface area contributed by atoms with Gasteiger partial charge in [0, 0.05) is 6.42 Å². The number of aliphatic hydroxyl groups excluding tert-OH is 8. The maximum atomic E-state index is 13.3. The van der Waals surface area contributed by atoms with E-state index in [0.29, 0.717) is 12.8 Å². The third kappa shape index (κ3) is 40.6. The van der Waals surface area contributed by atoms with Crippen molar-refractivity contribution in [3.05, 3.63) is 48.6 Å². The Bertz CT molecular complexity index is 1630. The van der Waals surface area contributed by atoms with Crippen LogP contribution < -0.4 is 5.32 Å². The topological polar surface area (TPSA) is 228 Å². The van der Waals surface area contributed by atoms with Crippen molar-refractivity contribution in [2.75, 3.05) is 19.8 Å². The molecule has 0 radical (unpaired) electrons. The van der Waals surface area contributed by atoms with Gasteiger partial charge in [-0.3, -0.25) is 4.79 Å². The van der Waals surface area contributed by atoms with Gasteiger partial charge in [-0.15, -0.1) is 0 Å². The number of carbonyl (C=O) groups excluding carboxylic acids is 1. The molecule has 12 atom stereocenters. The second-order valence-electron chi connectivity index (χ2n) is 25.4. The molecule has 2 heterocycles. The molecule has 2 rings (SSSR count). The molecule has 0 aromatic carbocycles. The largest absolute Gasteiger partial charge is 0.394 e. The summed E-state index contributed by atoms with van der Waals surface area (Å²) in [4.78, 5) is 13.3. The maximum absolute atomic E-state index is 13.3. The van der Waals surface area contributed by atoms with E-state index in [4.69, 9.17) is 18.9 Å². The van der Waals surface area contributed by atoms with Gasteiger partial charge < -0.3 is 65.1 Å². The summed E-state index contributed by atoms with van der Waals surface area (Å²) in [5.41, 5.74) is 0. The van der Waals surface area contributed by atoms with E-state index in [2.05, 4.69) is 55.6 Å². The fourth-order valence-corrected chi connectivity index (χ4v) is 11.8. The second kappa shape index (κ2) is 56.9. The van der Waals surface area contributed by atoms with E-state index in [9.17, 15) is 45.6 Å². The number of unbranched alkanes of at least 4 members (excludes halogenated alkanes) is 40. The minimum atomic E-state index is -1.79. The molecule has 9 N–H and O–H groups in total. The minimum Gasteiger partial charge on any atom is -0.394 e. The SMILES string of the molecule is CCCCCCC/C=C\C/C=C\CCCCCCCCCCCCCCCCCCCCCC(=O)NC(COC1OC(CO)C(OC2OC(CO)C(O)C(O)C2O)C(O)C1O)C(O)/C=C/CC/C=C/CCCCCCCCCCCCCCCCC. The number of hydrogen-bond acceptors (Lipinski definition) is 13. The van der Waals surface area contributed by atoms with Crippen molar-refractivity contribution in [3.63, 3.8) is 0 Å². The fourth-order valence-electron chi connectivity index (χ4n) is 11.8. The maximum Gasteiger partial charge on any atom is 0.220 e. The van der Waals surface area contributed by atoms with Gasteiger partial charge in [-0.05, 0) is 64.2 Å². The molecule has 0 aromatic rings. The van der Waals surface area contributed by atoms with Crippen LogP contribution in [-0.4, -0.2) is 140 Å². The number of nitrogens with one attached hydrogen (secondary N) is 1. The number of allylic oxidation sites excluding steroid dienone is 7. The van der Waals surface area contributed by atoms with Gasteiger partial charge in [0.1, 0.15) is 48.8 Å². The van der Waals surface area contributed by atoms with Gasteiger partial charge in [-0.25, -0.2) is 0 Å². The lowest BCUT2D eigenvalue weighted by atomic mass is 9.97. The molecule has 14 heteroatoms. The summed E-state index contributed by atoms with van der Waals surface area (Å²) < 4.78 is 22.8. The molecule has 2 fully saturated rings. The molecular formula is C72H133NO13. The Labute approximate surface area is 524 Å². The first-order valence-corrected chi connectivity index (χ1v) is 35.9. The summed E-state index contributed by atoms with van der Waals surface area (Å²) in [5, 5.41) is 87.4. The summed E-state index contributed by atoms with van der Waals surface area (Å²) in [6.07, 6.45) is 57.4. The van der Waals surface area contributed by atoms with E-state index in [0.717, 1.165) is 38.5 Å². The summed E-state index contributed by atoms with van der Waals surface area (Å²) in [6.45, 7) is 2.81. The lowest BCUT2D eigenvalue weighted by molar-refractivity contribution is -0.359. The highest BCUT2D eigenvalue weighted by atomic mass is 16.7. The summed E-state index contributed by atoms with van der Waals surface area (Å²) >= 11 is 0. The average molecular weight is 1220 g/mol. The Morgan fingerprint density at radius 3 is 1.21 bits per heavy atom. The number of rotatable bonds is 59. The number of aliphatic hydroxyl groups is 8. The van der Waals surface area contributed by atoms with Gasteiger partial charge in [0.15, 0.2) is 12.6 Å². The predicted octanol–water partition coefficient (Wildman–Crippen LogP) is 14.7. The molecule has 0 saturated carbocycles. The third-order valence-electron chi connectivity index (χ3n) is 17.5. The molecule has 12 unspecified atom stereocenters. The van der Waals surface area contributed by atoms with E-state index in [-0.39, 0.29) is 18.9 Å². The third-order valence-corrected chi connectivity index (χ3v) is 17.5. The molecule has 504 valence electrons. The number of carbonyl (C=O) groups is 1. The lowest BCUT2D eigenvalue weighted by Gasteiger charge is -2.46. The first-order chi connectivity index (χ1) is 42.1. The van der Waals surface area contributed by atoms with Crippen LogP contribution >= 0.6 is 0 Å². The van der Waals surface area contributed by atoms with E-state index < -0.39 is 86.8 Å². The van der Waals surface area contributed by atoms with Gasteiger partial charge in [0.25, 0.3) is 0 Å². The van der Waals surface area contributed by atoms with Crippen LogP contribution in [0.15, 0.2) is 48.6 Å². The van der Waals surface area contributed by atoms with E-state index >= 15 is 0 Å². The van der Waals surface area contributed by atoms with Gasteiger partial charge in [-0.1, -0.05) is 287 Å². The van der Waals surface area contributed by atoms with E-state index in [1.807, 2.05) is 6.08 Å². The molecular weight excluding hydrogens is 1090 g/mol. The number of amides is 1. The van der Waals surface area contributed by atoms with E-state index in [1.165, 1.54) is 238 Å². The molecule has 0 bridgehead atoms. The molecule has 0 aliphatic carbocycles. The normalized spacial score (nSPS) is 23.7. The monoisotopic (exact) mass is 1220 g/mol. The highest BCUT2D eigenvalue weighted by Gasteiger charge is 2.51. The van der Waals surface area contributed by atoms with Crippen molar-refractivity contribution >= 4 is 5.91 Å². The minimum absolute atomic E-state index is 0.244. The zero-order valence-corrected chi connectivity index (χ0v) is 54.8. The van der Waals surface area contributed by atoms with Gasteiger partial charge >= 0.3 is 0 Å². The zero-order chi connectivity index (χ0) is 62.3. The van der Waals surface area contributed by atoms with E-state index in [1.54, 1.807) is 6.08 Å². The van der Waals surface area contributed by atoms with Crippen LogP contribution in [0.5, 0.6) is 0 Å². The number of ether oxygens (including phenoxy) is 4. The first kappa shape index (κ1) is 80.0. The van der Waals surface area contributed by atoms with Crippen molar-refractivity contribution in [2.24, 2.45) is 0 Å². The van der Waals surface area contributed by atoms with Crippen LogP contribution in [0.4, 0.5) is 0 Å². The molecule has 0 aromatic heterocycles. The Morgan fingerprint density at radius 2 is 0.779 bits per heavy atom. The molecule has 2 aliphatic heterocycles. The standard InChI is InChI=1S/C72H133NO13/c1-3-5-7-9-11-13-15-17-19-21-23-25-26-27-28-29-30-31-32-33-34-36-38-40-42-44-46-48-50-52-54-56-64(77)73-60(61(76)55-53-51-49-47-45-43-41-39-37-35-24-22-20-18-16-14-12-10-8-6-4-2)59-83-71-69(82)67(80)70(63(58-75)85-71)86-72-68(81)66(79)65(78)62(57-74)84-72/h15,17,21,23,45,47,53,55,60-63,65-72,74-76,78-82H,3-14,16,18-20,22,24-44,46,48-52,54,56-59H2,1-2H3,(H,73,77)/b17-15-,23-21-,47-45+,55-53+. The fraction of sp³-hybridized carbons (Fsp3) is 0.875. The zero-order valence-electron chi connectivity index (χ0n) is 54.8. The number of hydrogen-bond donors (Lipinski definition) is 9. The highest BCUT2D eigenvalue weighted by molar-refractivity contribution is 5.76. The Morgan fingerprint density at radius 1 is 0.419 bits per heavy atom. The average Bonchev–Trinajstić information content (AvgIpc) is 2.54. The van der Waals surface area contributed by atoms with Crippen LogP contribution in [0, 0.1) is 0 Å². The van der Waals surface area contributed by atoms with Crippen LogP contribution in [0.1, 0.15) is 309 Å². The van der Waals surface area contributed by atoms with Crippen molar-refractivity contribution in [1.29, 1.82) is 0 Å². The van der Waals surface area contributed by atoms with Crippen molar-refractivity contribution in [2.45, 2.75) is 383 Å². The van der Waals surface area contributed by atoms with Gasteiger partial charge in [0.05, 0.1) is 32.0 Å². The quantitative estimate of drug-likeness (QED) is 0.0204. The smallest absolute Gasteiger partial charge is 0.220 e. The highest BCUT2D eigenvalue weighted by Crippen LogP contribution is 2.30. The Kier molecular flexibility index (Phi) is 53.0. The molecule has 2 aliphatic rings. The summed E-state index contributed by atoms with van der Waals surface area (Å²) in [7, 11) is 0. The van der Waals surface area contributed by atoms with Crippen LogP contribution in [0.25, 0.3) is 0 Å². The molecule has 0 spiro atoms. The lowest BCUT2D eigenvalue weighted by Crippen LogP contribution is -2.65. The molecule has 86 heavy (non-hydrogen) atoms. The summed E-state index contributed by atoms with van der Waals surface area (Å²) in [5.74, 6) is -0.244. The predicted molar refractivity (Wildman–Crippen MR) is 351 cm³/mol. The summed E-state index contributed by atoms with van der Waals surface area (Å²) in [6, 6.07) is -0.932. The van der Waals surface area contributed by atoms with Crippen molar-refractivity contribution in [1.82, 2.24) is 5.32 Å². The van der Waals surface area contributed by atoms with Gasteiger partial charge in [0.2, 0.25) is 5.91 Å². The Hall–Kier alpha value is -2.05. The van der Waals surface area contributed by atoms with Crippen LogP contribution in [-0.2, 0) is 23.7 Å². The van der Waals surface area contributed by atoms with Crippen molar-refractivity contribution < 1.29 is 64.6 Å². The first-order valence-electron chi connectivity index (χ1n) is 35.9. The molecule has 2 saturated heterocycles. The van der Waals surface area contributed by atoms with Crippen molar-refractivity contribution in [3.8, 4) is 0 Å². The molecule has 14 nitrogen and oxygen atoms in total.